The highest BCUT2D eigenvalue weighted by molar-refractivity contribution is 5.95. The number of rotatable bonds is 4. The highest BCUT2D eigenvalue weighted by Gasteiger charge is 2.26. The third-order valence-electron chi connectivity index (χ3n) is 3.44. The van der Waals surface area contributed by atoms with E-state index in [2.05, 4.69) is 0 Å². The third kappa shape index (κ3) is 3.48. The number of halogens is 1. The number of carbonyl (C=O) groups is 1. The average molecular weight is 280 g/mol. The Morgan fingerprint density at radius 1 is 1.55 bits per heavy atom. The molecule has 0 spiro atoms. The largest absolute Gasteiger partial charge is 0.399 e. The number of nitrogens with zero attached hydrogens (tertiary/aromatic N) is 1. The topological polar surface area (TPSA) is 55.6 Å². The Morgan fingerprint density at radius 3 is 3.10 bits per heavy atom. The van der Waals surface area contributed by atoms with Crippen LogP contribution in [0.3, 0.4) is 0 Å². The summed E-state index contributed by atoms with van der Waals surface area (Å²) in [4.78, 5) is 14.0. The maximum atomic E-state index is 13.7. The average Bonchev–Trinajstić information content (AvgIpc) is 2.47. The summed E-state index contributed by atoms with van der Waals surface area (Å²) >= 11 is 0. The van der Waals surface area contributed by atoms with Crippen molar-refractivity contribution in [1.82, 2.24) is 4.90 Å². The van der Waals surface area contributed by atoms with E-state index in [1.54, 1.807) is 4.90 Å². The number of hydrogen-bond donors (Lipinski definition) is 1. The molecule has 1 unspecified atom stereocenters. The van der Waals surface area contributed by atoms with Crippen LogP contribution < -0.4 is 5.73 Å². The van der Waals surface area contributed by atoms with Crippen molar-refractivity contribution in [1.29, 1.82) is 0 Å². The van der Waals surface area contributed by atoms with Gasteiger partial charge in [0.2, 0.25) is 0 Å². The Labute approximate surface area is 118 Å². The molecular formula is C15H21FN2O2. The van der Waals surface area contributed by atoms with Crippen molar-refractivity contribution in [3.63, 3.8) is 0 Å². The van der Waals surface area contributed by atoms with Crippen molar-refractivity contribution in [3.8, 4) is 0 Å². The Kier molecular flexibility index (Phi) is 4.95. The number of piperidine rings is 1. The minimum Gasteiger partial charge on any atom is -0.399 e. The molecule has 0 aromatic heterocycles. The van der Waals surface area contributed by atoms with Gasteiger partial charge in [0.15, 0.2) is 0 Å². The molecule has 2 N–H and O–H groups in total. The minimum absolute atomic E-state index is 0.0427. The van der Waals surface area contributed by atoms with Gasteiger partial charge in [-0.25, -0.2) is 4.39 Å². The number of hydrogen-bond acceptors (Lipinski definition) is 3. The van der Waals surface area contributed by atoms with E-state index in [1.165, 1.54) is 18.2 Å². The van der Waals surface area contributed by atoms with E-state index in [9.17, 15) is 9.18 Å². The van der Waals surface area contributed by atoms with Gasteiger partial charge in [-0.1, -0.05) is 6.92 Å². The van der Waals surface area contributed by atoms with Crippen LogP contribution in [-0.4, -0.2) is 36.6 Å². The summed E-state index contributed by atoms with van der Waals surface area (Å²) in [5.74, 6) is -0.833. The number of likely N-dealkylation sites (tertiary alicyclic amines) is 1. The van der Waals surface area contributed by atoms with Crippen LogP contribution in [0.25, 0.3) is 0 Å². The van der Waals surface area contributed by atoms with Crippen LogP contribution in [0, 0.1) is 5.82 Å². The highest BCUT2D eigenvalue weighted by Crippen LogP contribution is 2.19. The van der Waals surface area contributed by atoms with Gasteiger partial charge in [0.05, 0.1) is 11.7 Å². The first-order valence-electron chi connectivity index (χ1n) is 7.07. The third-order valence-corrected chi connectivity index (χ3v) is 3.44. The van der Waals surface area contributed by atoms with Gasteiger partial charge in [-0.3, -0.25) is 4.79 Å². The molecule has 0 radical (unpaired) electrons. The van der Waals surface area contributed by atoms with Gasteiger partial charge in [0.25, 0.3) is 5.91 Å². The molecular weight excluding hydrogens is 259 g/mol. The molecule has 1 fully saturated rings. The number of amides is 1. The highest BCUT2D eigenvalue weighted by atomic mass is 19.1. The lowest BCUT2D eigenvalue weighted by atomic mass is 10.1. The van der Waals surface area contributed by atoms with Crippen LogP contribution in [0.15, 0.2) is 18.2 Å². The second kappa shape index (κ2) is 6.70. The molecule has 0 bridgehead atoms. The van der Waals surface area contributed by atoms with Crippen molar-refractivity contribution in [2.24, 2.45) is 0 Å². The monoisotopic (exact) mass is 280 g/mol. The molecule has 1 aliphatic rings. The van der Waals surface area contributed by atoms with E-state index in [4.69, 9.17) is 10.5 Å². The molecule has 2 rings (SSSR count). The number of nitrogen functional groups attached to an aromatic ring is 1. The lowest BCUT2D eigenvalue weighted by Crippen LogP contribution is -2.43. The Hall–Kier alpha value is -1.62. The van der Waals surface area contributed by atoms with Gasteiger partial charge in [-0.2, -0.15) is 0 Å². The standard InChI is InChI=1S/C15H21FN2O2/c1-2-8-20-12-4-3-7-18(10-12)15(19)13-9-11(17)5-6-14(13)16/h5-6,9,12H,2-4,7-8,10,17H2,1H3. The Bertz CT molecular complexity index is 479. The molecule has 0 aliphatic carbocycles. The van der Waals surface area contributed by atoms with Crippen LogP contribution in [0.4, 0.5) is 10.1 Å². The van der Waals surface area contributed by atoms with Crippen LogP contribution in [0.2, 0.25) is 0 Å². The lowest BCUT2D eigenvalue weighted by Gasteiger charge is -2.32. The summed E-state index contributed by atoms with van der Waals surface area (Å²) in [7, 11) is 0. The minimum atomic E-state index is -0.527. The molecule has 1 aromatic rings. The first kappa shape index (κ1) is 14.8. The number of carbonyl (C=O) groups excluding carboxylic acids is 1. The zero-order valence-corrected chi connectivity index (χ0v) is 11.8. The Morgan fingerprint density at radius 2 is 2.35 bits per heavy atom. The number of nitrogens with two attached hydrogens (primary N) is 1. The maximum Gasteiger partial charge on any atom is 0.256 e. The fraction of sp³-hybridized carbons (Fsp3) is 0.533. The summed E-state index contributed by atoms with van der Waals surface area (Å²) in [5, 5.41) is 0. The van der Waals surface area contributed by atoms with Crippen molar-refractivity contribution in [3.05, 3.63) is 29.6 Å². The van der Waals surface area contributed by atoms with Crippen molar-refractivity contribution < 1.29 is 13.9 Å². The summed E-state index contributed by atoms with van der Waals surface area (Å²) in [5.41, 5.74) is 6.06. The predicted octanol–water partition coefficient (Wildman–Crippen LogP) is 2.44. The normalized spacial score (nSPS) is 19.1. The van der Waals surface area contributed by atoms with Crippen molar-refractivity contribution >= 4 is 11.6 Å². The smallest absolute Gasteiger partial charge is 0.256 e. The molecule has 1 saturated heterocycles. The van der Waals surface area contributed by atoms with E-state index in [1.807, 2.05) is 6.92 Å². The first-order valence-corrected chi connectivity index (χ1v) is 7.07. The SMILES string of the molecule is CCCOC1CCCN(C(=O)c2cc(N)ccc2F)C1. The molecule has 4 nitrogen and oxygen atoms in total. The zero-order chi connectivity index (χ0) is 14.5. The van der Waals surface area contributed by atoms with Gasteiger partial charge < -0.3 is 15.4 Å². The molecule has 1 amide bonds. The van der Waals surface area contributed by atoms with E-state index in [0.717, 1.165) is 19.3 Å². The molecule has 110 valence electrons. The molecule has 1 aliphatic heterocycles. The molecule has 1 heterocycles. The fourth-order valence-corrected chi connectivity index (χ4v) is 2.42. The Balaban J connectivity index is 2.06. The van der Waals surface area contributed by atoms with E-state index in [0.29, 0.717) is 25.4 Å². The zero-order valence-electron chi connectivity index (χ0n) is 11.8. The van der Waals surface area contributed by atoms with Crippen LogP contribution >= 0.6 is 0 Å². The van der Waals surface area contributed by atoms with Gasteiger partial charge in [-0.15, -0.1) is 0 Å². The maximum absolute atomic E-state index is 13.7. The van der Waals surface area contributed by atoms with Gasteiger partial charge in [0, 0.05) is 25.4 Å². The van der Waals surface area contributed by atoms with Crippen LogP contribution in [0.1, 0.15) is 36.5 Å². The summed E-state index contributed by atoms with van der Waals surface area (Å²) in [6.45, 7) is 3.90. The van der Waals surface area contributed by atoms with Crippen LogP contribution in [0.5, 0.6) is 0 Å². The fourth-order valence-electron chi connectivity index (χ4n) is 2.42. The van der Waals surface area contributed by atoms with Gasteiger partial charge in [0.1, 0.15) is 5.82 Å². The number of anilines is 1. The lowest BCUT2D eigenvalue weighted by molar-refractivity contribution is 0.00197. The summed E-state index contributed by atoms with van der Waals surface area (Å²) in [6.07, 6.45) is 2.83. The summed E-state index contributed by atoms with van der Waals surface area (Å²) in [6, 6.07) is 4.08. The molecule has 20 heavy (non-hydrogen) atoms. The van der Waals surface area contributed by atoms with Gasteiger partial charge in [-0.05, 0) is 37.5 Å². The second-order valence-corrected chi connectivity index (χ2v) is 5.13. The number of ether oxygens (including phenoxy) is 1. The quantitative estimate of drug-likeness (QED) is 0.862. The first-order chi connectivity index (χ1) is 9.61. The van der Waals surface area contributed by atoms with E-state index in [-0.39, 0.29) is 17.6 Å². The predicted molar refractivity (Wildman–Crippen MR) is 76.0 cm³/mol. The molecule has 0 saturated carbocycles. The second-order valence-electron chi connectivity index (χ2n) is 5.13. The van der Waals surface area contributed by atoms with Crippen molar-refractivity contribution in [2.75, 3.05) is 25.4 Å². The van der Waals surface area contributed by atoms with E-state index < -0.39 is 5.82 Å². The van der Waals surface area contributed by atoms with Crippen LogP contribution in [-0.2, 0) is 4.74 Å². The molecule has 1 aromatic carbocycles. The summed E-state index contributed by atoms with van der Waals surface area (Å²) < 4.78 is 19.4. The van der Waals surface area contributed by atoms with Crippen molar-refractivity contribution in [2.45, 2.75) is 32.3 Å². The molecule has 5 heteroatoms. The molecule has 1 atom stereocenters. The van der Waals surface area contributed by atoms with E-state index >= 15 is 0 Å². The number of benzene rings is 1. The van der Waals surface area contributed by atoms with Gasteiger partial charge >= 0.3 is 0 Å².